The molecule has 0 unspecified atom stereocenters. The molecule has 0 spiro atoms. The van der Waals surface area contributed by atoms with Gasteiger partial charge in [0.1, 0.15) is 0 Å². The molecule has 1 aliphatic rings. The molecule has 1 aliphatic heterocycles. The smallest absolute Gasteiger partial charge is 0.265 e. The summed E-state index contributed by atoms with van der Waals surface area (Å²) in [6.45, 7) is 4.56. The number of nitrogens with one attached hydrogen (secondary N) is 3. The van der Waals surface area contributed by atoms with Gasteiger partial charge in [-0.1, -0.05) is 23.7 Å². The second-order valence-corrected chi connectivity index (χ2v) is 4.38. The molecule has 3 rings (SSSR count). The van der Waals surface area contributed by atoms with Crippen LogP contribution < -0.4 is 16.2 Å². The lowest BCUT2D eigenvalue weighted by molar-refractivity contribution is 0.534. The summed E-state index contributed by atoms with van der Waals surface area (Å²) in [5.74, 6) is 0. The maximum absolute atomic E-state index is 10.9. The number of hydrogen-bond donors (Lipinski definition) is 3. The van der Waals surface area contributed by atoms with Crippen LogP contribution in [-0.4, -0.2) is 30.6 Å². The number of rotatable bonds is 0. The van der Waals surface area contributed by atoms with E-state index in [1.807, 2.05) is 24.3 Å². The van der Waals surface area contributed by atoms with Crippen molar-refractivity contribution in [3.05, 3.63) is 34.6 Å². The molecule has 2 heterocycles. The molecule has 1 fully saturated rings. The topological polar surface area (TPSA) is 56.9 Å². The molecule has 0 amide bonds. The van der Waals surface area contributed by atoms with Crippen molar-refractivity contribution in [3.8, 4) is 0 Å². The highest BCUT2D eigenvalue weighted by Crippen LogP contribution is 2.11. The van der Waals surface area contributed by atoms with Crippen LogP contribution in [0.4, 0.5) is 0 Å². The number of piperazine rings is 1. The summed E-state index contributed by atoms with van der Waals surface area (Å²) < 4.78 is 3.68. The van der Waals surface area contributed by atoms with Gasteiger partial charge in [0.25, 0.3) is 5.56 Å². The lowest BCUT2D eigenvalue weighted by atomic mass is 10.3. The largest absolute Gasteiger partial charge is 0.314 e. The van der Waals surface area contributed by atoms with E-state index in [-0.39, 0.29) is 5.56 Å². The maximum Gasteiger partial charge on any atom is 0.265 e. The van der Waals surface area contributed by atoms with Crippen LogP contribution in [0, 0.1) is 0 Å². The molecule has 0 radical (unpaired) electrons. The van der Waals surface area contributed by atoms with Gasteiger partial charge in [0, 0.05) is 26.2 Å². The van der Waals surface area contributed by atoms with Gasteiger partial charge in [0.2, 0.25) is 0 Å². The maximum atomic E-state index is 10.9. The van der Waals surface area contributed by atoms with Gasteiger partial charge < -0.3 is 10.6 Å². The molecule has 86 valence electrons. The molecule has 5 heteroatoms. The van der Waals surface area contributed by atoms with Crippen LogP contribution in [0.1, 0.15) is 0 Å². The van der Waals surface area contributed by atoms with Crippen molar-refractivity contribution in [3.63, 3.8) is 0 Å². The van der Waals surface area contributed by atoms with Crippen LogP contribution >= 0.6 is 11.5 Å². The van der Waals surface area contributed by atoms with Gasteiger partial charge in [-0.3, -0.25) is 9.17 Å². The fraction of sp³-hybridized carbons (Fsp3) is 0.364. The van der Waals surface area contributed by atoms with Crippen molar-refractivity contribution < 1.29 is 0 Å². The van der Waals surface area contributed by atoms with Gasteiger partial charge in [0.05, 0.1) is 10.1 Å². The molecule has 0 aliphatic carbocycles. The standard InChI is InChI=1S/C7H5NOS.C4H10N2/c9-7-5-3-1-2-4-6(5)10-8-7;1-2-6-4-3-5-1/h1-4H,(H,8,9);5-6H,1-4H2. The lowest BCUT2D eigenvalue weighted by Crippen LogP contribution is -2.39. The van der Waals surface area contributed by atoms with Crippen LogP contribution in [0.5, 0.6) is 0 Å². The Morgan fingerprint density at radius 2 is 1.62 bits per heavy atom. The Balaban J connectivity index is 0.000000138. The van der Waals surface area contributed by atoms with E-state index in [0.29, 0.717) is 0 Å². The fourth-order valence-corrected chi connectivity index (χ4v) is 2.23. The first-order valence-corrected chi connectivity index (χ1v) is 6.17. The number of aromatic amines is 1. The average molecular weight is 237 g/mol. The Kier molecular flexibility index (Phi) is 4.10. The zero-order valence-electron chi connectivity index (χ0n) is 8.95. The fourth-order valence-electron chi connectivity index (χ4n) is 1.50. The number of H-pyrrole nitrogens is 1. The Morgan fingerprint density at radius 1 is 1.00 bits per heavy atom. The SMILES string of the molecule is C1CNCCN1.O=c1[nH]sc2ccccc12. The Morgan fingerprint density at radius 3 is 2.19 bits per heavy atom. The highest BCUT2D eigenvalue weighted by molar-refractivity contribution is 7.13. The lowest BCUT2D eigenvalue weighted by Gasteiger charge is -2.11. The van der Waals surface area contributed by atoms with E-state index >= 15 is 0 Å². The van der Waals surface area contributed by atoms with Gasteiger partial charge in [-0.25, -0.2) is 0 Å². The van der Waals surface area contributed by atoms with Gasteiger partial charge in [-0.2, -0.15) is 0 Å². The highest BCUT2D eigenvalue weighted by atomic mass is 32.1. The van der Waals surface area contributed by atoms with E-state index in [9.17, 15) is 4.79 Å². The molecule has 2 aromatic rings. The first-order valence-electron chi connectivity index (χ1n) is 5.35. The zero-order chi connectivity index (χ0) is 11.2. The number of aromatic nitrogens is 1. The van der Waals surface area contributed by atoms with Gasteiger partial charge >= 0.3 is 0 Å². The van der Waals surface area contributed by atoms with E-state index in [1.54, 1.807) is 0 Å². The van der Waals surface area contributed by atoms with Crippen LogP contribution in [-0.2, 0) is 0 Å². The molecule has 4 nitrogen and oxygen atoms in total. The molecule has 0 atom stereocenters. The number of fused-ring (bicyclic) bond motifs is 1. The van der Waals surface area contributed by atoms with E-state index in [1.165, 1.54) is 11.5 Å². The van der Waals surface area contributed by atoms with Crippen molar-refractivity contribution in [2.45, 2.75) is 0 Å². The van der Waals surface area contributed by atoms with Gasteiger partial charge in [-0.15, -0.1) is 0 Å². The minimum atomic E-state index is 0.0144. The molecule has 0 bridgehead atoms. The number of benzene rings is 1. The number of hydrogen-bond acceptors (Lipinski definition) is 4. The Hall–Kier alpha value is -1.17. The summed E-state index contributed by atoms with van der Waals surface area (Å²) in [6, 6.07) is 7.54. The Labute approximate surface area is 97.8 Å². The molecule has 1 aromatic carbocycles. The first-order chi connectivity index (χ1) is 7.88. The predicted molar refractivity (Wildman–Crippen MR) is 68.2 cm³/mol. The van der Waals surface area contributed by atoms with Crippen LogP contribution in [0.25, 0.3) is 10.1 Å². The van der Waals surface area contributed by atoms with E-state index in [0.717, 1.165) is 36.3 Å². The van der Waals surface area contributed by atoms with E-state index < -0.39 is 0 Å². The summed E-state index contributed by atoms with van der Waals surface area (Å²) >= 11 is 1.38. The molecule has 1 aromatic heterocycles. The second-order valence-electron chi connectivity index (χ2n) is 3.53. The predicted octanol–water partition coefficient (Wildman–Crippen LogP) is 0.769. The quantitative estimate of drug-likeness (QED) is 0.634. The molecular weight excluding hydrogens is 222 g/mol. The molecular formula is C11H15N3OS. The van der Waals surface area contributed by atoms with Crippen LogP contribution in [0.2, 0.25) is 0 Å². The van der Waals surface area contributed by atoms with E-state index in [2.05, 4.69) is 15.0 Å². The van der Waals surface area contributed by atoms with E-state index in [4.69, 9.17) is 0 Å². The van der Waals surface area contributed by atoms with Crippen molar-refractivity contribution in [2.24, 2.45) is 0 Å². The molecule has 1 saturated heterocycles. The summed E-state index contributed by atoms with van der Waals surface area (Å²) in [6.07, 6.45) is 0. The Bertz CT molecular complexity index is 475. The summed E-state index contributed by atoms with van der Waals surface area (Å²) in [7, 11) is 0. The van der Waals surface area contributed by atoms with Crippen LogP contribution in [0.15, 0.2) is 29.1 Å². The minimum absolute atomic E-state index is 0.0144. The first kappa shape index (κ1) is 11.3. The monoisotopic (exact) mass is 237 g/mol. The molecule has 16 heavy (non-hydrogen) atoms. The minimum Gasteiger partial charge on any atom is -0.314 e. The zero-order valence-corrected chi connectivity index (χ0v) is 9.77. The van der Waals surface area contributed by atoms with Gasteiger partial charge in [0.15, 0.2) is 0 Å². The summed E-state index contributed by atoms with van der Waals surface area (Å²) in [5, 5.41) is 7.23. The second kappa shape index (κ2) is 5.79. The third kappa shape index (κ3) is 2.91. The summed E-state index contributed by atoms with van der Waals surface area (Å²) in [5.41, 5.74) is 0.0144. The van der Waals surface area contributed by atoms with Crippen LogP contribution in [0.3, 0.4) is 0 Å². The third-order valence-corrected chi connectivity index (χ3v) is 3.21. The van der Waals surface area contributed by atoms with Gasteiger partial charge in [-0.05, 0) is 12.1 Å². The normalized spacial score (nSPS) is 15.5. The molecule has 0 saturated carbocycles. The highest BCUT2D eigenvalue weighted by Gasteiger charge is 1.96. The van der Waals surface area contributed by atoms with Crippen molar-refractivity contribution in [1.82, 2.24) is 15.0 Å². The van der Waals surface area contributed by atoms with Crippen molar-refractivity contribution >= 4 is 21.6 Å². The summed E-state index contributed by atoms with van der Waals surface area (Å²) in [4.78, 5) is 10.9. The molecule has 3 N–H and O–H groups in total. The van der Waals surface area contributed by atoms with Crippen molar-refractivity contribution in [1.29, 1.82) is 0 Å². The third-order valence-electron chi connectivity index (χ3n) is 2.34. The van der Waals surface area contributed by atoms with Crippen molar-refractivity contribution in [2.75, 3.05) is 26.2 Å². The average Bonchev–Trinajstić information content (AvgIpc) is 2.75.